The molecular formula is C17H17FN2O2S. The Hall–Kier alpha value is -2.18. The van der Waals surface area contributed by atoms with Crippen LogP contribution < -0.4 is 10.5 Å². The lowest BCUT2D eigenvalue weighted by molar-refractivity contribution is 0.0842. The third-order valence-electron chi connectivity index (χ3n) is 3.42. The van der Waals surface area contributed by atoms with Crippen LogP contribution in [0.4, 0.5) is 10.1 Å². The topological polar surface area (TPSA) is 68.4 Å². The summed E-state index contributed by atoms with van der Waals surface area (Å²) in [6.45, 7) is 1.10. The van der Waals surface area contributed by atoms with Gasteiger partial charge in [0.2, 0.25) is 0 Å². The summed E-state index contributed by atoms with van der Waals surface area (Å²) in [4.78, 5) is 4.60. The number of aryl methyl sites for hydroxylation is 1. The number of anilines is 1. The predicted octanol–water partition coefficient (Wildman–Crippen LogP) is 3.56. The van der Waals surface area contributed by atoms with E-state index in [1.165, 1.54) is 11.3 Å². The van der Waals surface area contributed by atoms with Crippen molar-refractivity contribution in [2.45, 2.75) is 13.0 Å². The normalized spacial score (nSPS) is 12.5. The van der Waals surface area contributed by atoms with Crippen LogP contribution in [0.1, 0.15) is 5.56 Å². The molecule has 0 amide bonds. The van der Waals surface area contributed by atoms with Gasteiger partial charge in [-0.25, -0.2) is 9.37 Å². The fraction of sp³-hybridized carbons (Fsp3) is 0.235. The van der Waals surface area contributed by atoms with Gasteiger partial charge in [0, 0.05) is 11.3 Å². The Morgan fingerprint density at radius 3 is 2.87 bits per heavy atom. The SMILES string of the molecule is Cc1ccc(-c2nc3ccc(OCC(O)CF)cc3s2)c(N)c1. The fourth-order valence-corrected chi connectivity index (χ4v) is 3.27. The number of halogens is 1. The van der Waals surface area contributed by atoms with Gasteiger partial charge < -0.3 is 15.6 Å². The molecule has 0 aliphatic carbocycles. The molecule has 6 heteroatoms. The van der Waals surface area contributed by atoms with Crippen molar-refractivity contribution in [1.82, 2.24) is 4.98 Å². The molecule has 4 nitrogen and oxygen atoms in total. The number of aliphatic hydroxyl groups excluding tert-OH is 1. The summed E-state index contributed by atoms with van der Waals surface area (Å²) in [5.41, 5.74) is 9.65. The van der Waals surface area contributed by atoms with Gasteiger partial charge in [0.1, 0.15) is 30.1 Å². The molecule has 0 saturated carbocycles. The molecule has 3 N–H and O–H groups in total. The molecule has 3 aromatic rings. The van der Waals surface area contributed by atoms with Gasteiger partial charge in [-0.2, -0.15) is 0 Å². The summed E-state index contributed by atoms with van der Waals surface area (Å²) >= 11 is 1.52. The van der Waals surface area contributed by atoms with Crippen molar-refractivity contribution in [2.24, 2.45) is 0 Å². The molecule has 0 aliphatic rings. The Bertz CT molecular complexity index is 835. The number of ether oxygens (including phenoxy) is 1. The van der Waals surface area contributed by atoms with Crippen molar-refractivity contribution in [3.63, 3.8) is 0 Å². The molecule has 120 valence electrons. The zero-order valence-corrected chi connectivity index (χ0v) is 13.4. The van der Waals surface area contributed by atoms with Crippen molar-refractivity contribution in [1.29, 1.82) is 0 Å². The summed E-state index contributed by atoms with van der Waals surface area (Å²) in [6, 6.07) is 11.3. The molecule has 23 heavy (non-hydrogen) atoms. The monoisotopic (exact) mass is 332 g/mol. The lowest BCUT2D eigenvalue weighted by atomic mass is 10.1. The zero-order chi connectivity index (χ0) is 16.4. The van der Waals surface area contributed by atoms with E-state index in [-0.39, 0.29) is 6.61 Å². The molecule has 1 aromatic heterocycles. The zero-order valence-electron chi connectivity index (χ0n) is 12.6. The van der Waals surface area contributed by atoms with Gasteiger partial charge >= 0.3 is 0 Å². The minimum Gasteiger partial charge on any atom is -0.491 e. The van der Waals surface area contributed by atoms with Crippen LogP contribution in [-0.4, -0.2) is 29.5 Å². The van der Waals surface area contributed by atoms with Crippen LogP contribution in [0.2, 0.25) is 0 Å². The van der Waals surface area contributed by atoms with Crippen LogP contribution >= 0.6 is 11.3 Å². The van der Waals surface area contributed by atoms with Gasteiger partial charge in [0.05, 0.1) is 10.2 Å². The summed E-state index contributed by atoms with van der Waals surface area (Å²) < 4.78 is 18.6. The summed E-state index contributed by atoms with van der Waals surface area (Å²) in [6.07, 6.45) is -1.10. The first-order valence-corrected chi connectivity index (χ1v) is 8.02. The Labute approximate surface area is 137 Å². The minimum absolute atomic E-state index is 0.0709. The van der Waals surface area contributed by atoms with Crippen LogP contribution in [0.3, 0.4) is 0 Å². The summed E-state index contributed by atoms with van der Waals surface area (Å²) in [5.74, 6) is 0.581. The predicted molar refractivity (Wildman–Crippen MR) is 91.7 cm³/mol. The number of aromatic nitrogens is 1. The Morgan fingerprint density at radius 1 is 1.30 bits per heavy atom. The highest BCUT2D eigenvalue weighted by Gasteiger charge is 2.11. The van der Waals surface area contributed by atoms with Crippen LogP contribution in [0.5, 0.6) is 5.75 Å². The number of alkyl halides is 1. The number of fused-ring (bicyclic) bond motifs is 1. The molecule has 0 aliphatic heterocycles. The lowest BCUT2D eigenvalue weighted by Gasteiger charge is -2.08. The van der Waals surface area contributed by atoms with Gasteiger partial charge in [-0.05, 0) is 42.8 Å². The summed E-state index contributed by atoms with van der Waals surface area (Å²) in [7, 11) is 0. The first kappa shape index (κ1) is 15.7. The standard InChI is InChI=1S/C17H17FN2O2S/c1-10-2-4-13(14(19)6-10)17-20-15-5-3-12(7-16(15)23-17)22-9-11(21)8-18/h2-7,11,21H,8-9,19H2,1H3. The second-order valence-electron chi connectivity index (χ2n) is 5.36. The van der Waals surface area contributed by atoms with E-state index in [9.17, 15) is 9.50 Å². The van der Waals surface area contributed by atoms with E-state index >= 15 is 0 Å². The van der Waals surface area contributed by atoms with Crippen molar-refractivity contribution in [3.05, 3.63) is 42.0 Å². The minimum atomic E-state index is -1.10. The van der Waals surface area contributed by atoms with E-state index in [0.717, 1.165) is 26.4 Å². The van der Waals surface area contributed by atoms with Crippen molar-refractivity contribution >= 4 is 27.2 Å². The second kappa shape index (κ2) is 6.52. The van der Waals surface area contributed by atoms with Crippen molar-refractivity contribution in [3.8, 4) is 16.3 Å². The van der Waals surface area contributed by atoms with E-state index in [0.29, 0.717) is 11.4 Å². The van der Waals surface area contributed by atoms with E-state index in [2.05, 4.69) is 4.98 Å². The molecule has 0 spiro atoms. The first-order chi connectivity index (χ1) is 11.1. The van der Waals surface area contributed by atoms with Gasteiger partial charge in [-0.3, -0.25) is 0 Å². The number of hydrogen-bond acceptors (Lipinski definition) is 5. The van der Waals surface area contributed by atoms with E-state index < -0.39 is 12.8 Å². The number of thiazole rings is 1. The van der Waals surface area contributed by atoms with Gasteiger partial charge in [-0.1, -0.05) is 6.07 Å². The highest BCUT2D eigenvalue weighted by molar-refractivity contribution is 7.21. The molecule has 3 rings (SSSR count). The molecule has 1 heterocycles. The number of nitrogens with zero attached hydrogens (tertiary/aromatic N) is 1. The maximum Gasteiger partial charge on any atom is 0.126 e. The van der Waals surface area contributed by atoms with E-state index in [1.54, 1.807) is 6.07 Å². The highest BCUT2D eigenvalue weighted by Crippen LogP contribution is 2.35. The van der Waals surface area contributed by atoms with Gasteiger partial charge in [0.15, 0.2) is 0 Å². The molecular weight excluding hydrogens is 315 g/mol. The van der Waals surface area contributed by atoms with Crippen molar-refractivity contribution in [2.75, 3.05) is 19.0 Å². The maximum absolute atomic E-state index is 12.2. The molecule has 2 aromatic carbocycles. The molecule has 0 fully saturated rings. The van der Waals surface area contributed by atoms with Gasteiger partial charge in [-0.15, -0.1) is 11.3 Å². The van der Waals surface area contributed by atoms with Crippen LogP contribution in [0, 0.1) is 6.92 Å². The molecule has 0 bridgehead atoms. The number of rotatable bonds is 5. The Morgan fingerprint density at radius 2 is 2.13 bits per heavy atom. The lowest BCUT2D eigenvalue weighted by Crippen LogP contribution is -2.19. The quantitative estimate of drug-likeness (QED) is 0.701. The smallest absolute Gasteiger partial charge is 0.126 e. The first-order valence-electron chi connectivity index (χ1n) is 7.20. The van der Waals surface area contributed by atoms with Crippen molar-refractivity contribution < 1.29 is 14.2 Å². The van der Waals surface area contributed by atoms with Crippen LogP contribution in [-0.2, 0) is 0 Å². The number of benzene rings is 2. The molecule has 1 unspecified atom stereocenters. The van der Waals surface area contributed by atoms with Crippen LogP contribution in [0.15, 0.2) is 36.4 Å². The molecule has 0 radical (unpaired) electrons. The number of nitrogens with two attached hydrogens (primary N) is 1. The van der Waals surface area contributed by atoms with E-state index in [1.807, 2.05) is 37.3 Å². The summed E-state index contributed by atoms with van der Waals surface area (Å²) in [5, 5.41) is 10.1. The molecule has 0 saturated heterocycles. The molecule has 1 atom stereocenters. The Balaban J connectivity index is 1.90. The fourth-order valence-electron chi connectivity index (χ4n) is 2.22. The second-order valence-corrected chi connectivity index (χ2v) is 6.39. The highest BCUT2D eigenvalue weighted by atomic mass is 32.1. The largest absolute Gasteiger partial charge is 0.491 e. The number of aliphatic hydroxyl groups is 1. The number of hydrogen-bond donors (Lipinski definition) is 2. The van der Waals surface area contributed by atoms with Gasteiger partial charge in [0.25, 0.3) is 0 Å². The Kier molecular flexibility index (Phi) is 4.45. The average molecular weight is 332 g/mol. The maximum atomic E-state index is 12.2. The third-order valence-corrected chi connectivity index (χ3v) is 4.47. The average Bonchev–Trinajstić information content (AvgIpc) is 2.95. The van der Waals surface area contributed by atoms with E-state index in [4.69, 9.17) is 10.5 Å². The van der Waals surface area contributed by atoms with Crippen LogP contribution in [0.25, 0.3) is 20.8 Å². The third kappa shape index (κ3) is 3.43. The number of nitrogen functional groups attached to an aromatic ring is 1.